The molecule has 1 unspecified atom stereocenters. The topological polar surface area (TPSA) is 75.1 Å². The molecule has 2 N–H and O–H groups in total. The maximum atomic E-state index is 10.9. The third-order valence-corrected chi connectivity index (χ3v) is 2.52. The van der Waals surface area contributed by atoms with Crippen LogP contribution in [0.4, 0.5) is 5.69 Å². The van der Waals surface area contributed by atoms with Gasteiger partial charge in [-0.05, 0) is 24.6 Å². The lowest BCUT2D eigenvalue weighted by molar-refractivity contribution is -0.137. The molecule has 2 rings (SSSR count). The van der Waals surface area contributed by atoms with Crippen molar-refractivity contribution in [1.82, 2.24) is 9.97 Å². The summed E-state index contributed by atoms with van der Waals surface area (Å²) in [6.07, 6.45) is 3.76. The third kappa shape index (κ3) is 2.50. The van der Waals surface area contributed by atoms with Gasteiger partial charge in [0.1, 0.15) is 6.04 Å². The highest BCUT2D eigenvalue weighted by atomic mass is 16.4. The number of anilines is 1. The van der Waals surface area contributed by atoms with Gasteiger partial charge in [-0.1, -0.05) is 6.92 Å². The molecule has 17 heavy (non-hydrogen) atoms. The van der Waals surface area contributed by atoms with Crippen LogP contribution in [-0.4, -0.2) is 27.1 Å². The molecule has 5 nitrogen and oxygen atoms in total. The molecule has 0 saturated carbocycles. The standard InChI is InChI=1S/C12H13N3O2/c1-2-9(12(16)17)15-8-3-4-10-11(7-8)14-6-5-13-10/h3-7,9,15H,2H2,1H3,(H,16,17). The summed E-state index contributed by atoms with van der Waals surface area (Å²) in [5.74, 6) is -0.855. The Morgan fingerprint density at radius 1 is 1.35 bits per heavy atom. The van der Waals surface area contributed by atoms with Crippen molar-refractivity contribution in [3.05, 3.63) is 30.6 Å². The van der Waals surface area contributed by atoms with Crippen LogP contribution in [0.25, 0.3) is 11.0 Å². The molecule has 88 valence electrons. The van der Waals surface area contributed by atoms with Gasteiger partial charge in [0.15, 0.2) is 0 Å². The van der Waals surface area contributed by atoms with Crippen LogP contribution in [0.1, 0.15) is 13.3 Å². The molecule has 0 aliphatic heterocycles. The first kappa shape index (κ1) is 11.3. The molecule has 2 aromatic rings. The van der Waals surface area contributed by atoms with Crippen LogP contribution in [-0.2, 0) is 4.79 Å². The zero-order valence-electron chi connectivity index (χ0n) is 9.42. The summed E-state index contributed by atoms with van der Waals surface area (Å²) in [7, 11) is 0. The zero-order valence-corrected chi connectivity index (χ0v) is 9.42. The van der Waals surface area contributed by atoms with Gasteiger partial charge in [0, 0.05) is 18.1 Å². The second-order valence-corrected chi connectivity index (χ2v) is 3.70. The molecular formula is C12H13N3O2. The van der Waals surface area contributed by atoms with Gasteiger partial charge < -0.3 is 10.4 Å². The fraction of sp³-hybridized carbons (Fsp3) is 0.250. The van der Waals surface area contributed by atoms with Crippen molar-refractivity contribution in [1.29, 1.82) is 0 Å². The predicted molar refractivity (Wildman–Crippen MR) is 64.9 cm³/mol. The molecule has 1 aromatic heterocycles. The zero-order chi connectivity index (χ0) is 12.3. The lowest BCUT2D eigenvalue weighted by Gasteiger charge is -2.13. The smallest absolute Gasteiger partial charge is 0.326 e. The van der Waals surface area contributed by atoms with Crippen LogP contribution in [0.15, 0.2) is 30.6 Å². The Hall–Kier alpha value is -2.17. The molecule has 5 heteroatoms. The van der Waals surface area contributed by atoms with E-state index < -0.39 is 12.0 Å². The van der Waals surface area contributed by atoms with E-state index in [0.717, 1.165) is 16.7 Å². The van der Waals surface area contributed by atoms with Gasteiger partial charge in [-0.15, -0.1) is 0 Å². The second kappa shape index (κ2) is 4.78. The van der Waals surface area contributed by atoms with Crippen LogP contribution in [0, 0.1) is 0 Å². The highest BCUT2D eigenvalue weighted by Gasteiger charge is 2.14. The largest absolute Gasteiger partial charge is 0.480 e. The van der Waals surface area contributed by atoms with Gasteiger partial charge in [-0.3, -0.25) is 9.97 Å². The van der Waals surface area contributed by atoms with Gasteiger partial charge in [0.05, 0.1) is 11.0 Å². The van der Waals surface area contributed by atoms with Crippen molar-refractivity contribution in [2.45, 2.75) is 19.4 Å². The summed E-state index contributed by atoms with van der Waals surface area (Å²) in [5.41, 5.74) is 2.28. The number of carbonyl (C=O) groups is 1. The minimum atomic E-state index is -0.855. The van der Waals surface area contributed by atoms with Crippen molar-refractivity contribution < 1.29 is 9.90 Å². The predicted octanol–water partition coefficient (Wildman–Crippen LogP) is 1.90. The fourth-order valence-corrected chi connectivity index (χ4v) is 1.59. The Morgan fingerprint density at radius 3 is 2.71 bits per heavy atom. The number of carboxylic acid groups (broad SMARTS) is 1. The van der Waals surface area contributed by atoms with E-state index in [0.29, 0.717) is 6.42 Å². The quantitative estimate of drug-likeness (QED) is 0.840. The number of rotatable bonds is 4. The second-order valence-electron chi connectivity index (χ2n) is 3.70. The van der Waals surface area contributed by atoms with E-state index in [1.54, 1.807) is 18.5 Å². The molecule has 1 atom stereocenters. The molecule has 0 aliphatic carbocycles. The number of nitrogens with one attached hydrogen (secondary N) is 1. The van der Waals surface area contributed by atoms with E-state index in [4.69, 9.17) is 5.11 Å². The average Bonchev–Trinajstić information content (AvgIpc) is 2.35. The van der Waals surface area contributed by atoms with E-state index in [1.165, 1.54) is 0 Å². The molecule has 0 fully saturated rings. The van der Waals surface area contributed by atoms with Crippen LogP contribution in [0.5, 0.6) is 0 Å². The summed E-state index contributed by atoms with van der Waals surface area (Å²) in [6.45, 7) is 1.83. The van der Waals surface area contributed by atoms with Crippen molar-refractivity contribution >= 4 is 22.7 Å². The van der Waals surface area contributed by atoms with Gasteiger partial charge in [0.2, 0.25) is 0 Å². The number of fused-ring (bicyclic) bond motifs is 1. The Labute approximate surface area is 98.5 Å². The van der Waals surface area contributed by atoms with Crippen LogP contribution in [0.2, 0.25) is 0 Å². The average molecular weight is 231 g/mol. The highest BCUT2D eigenvalue weighted by Crippen LogP contribution is 2.16. The molecular weight excluding hydrogens is 218 g/mol. The summed E-state index contributed by atoms with van der Waals surface area (Å²) < 4.78 is 0. The van der Waals surface area contributed by atoms with Crippen molar-refractivity contribution in [2.75, 3.05) is 5.32 Å². The maximum Gasteiger partial charge on any atom is 0.326 e. The molecule has 0 bridgehead atoms. The molecule has 0 spiro atoms. The number of carboxylic acids is 1. The van der Waals surface area contributed by atoms with Gasteiger partial charge in [-0.25, -0.2) is 4.79 Å². The number of aromatic nitrogens is 2. The molecule has 0 radical (unpaired) electrons. The number of hydrogen-bond donors (Lipinski definition) is 2. The minimum Gasteiger partial charge on any atom is -0.480 e. The van der Waals surface area contributed by atoms with E-state index in [1.807, 2.05) is 19.1 Å². The van der Waals surface area contributed by atoms with E-state index >= 15 is 0 Å². The van der Waals surface area contributed by atoms with E-state index in [-0.39, 0.29) is 0 Å². The molecule has 1 heterocycles. The van der Waals surface area contributed by atoms with Gasteiger partial charge in [0.25, 0.3) is 0 Å². The van der Waals surface area contributed by atoms with E-state index in [2.05, 4.69) is 15.3 Å². The Morgan fingerprint density at radius 2 is 2.06 bits per heavy atom. The minimum absolute atomic E-state index is 0.522. The van der Waals surface area contributed by atoms with E-state index in [9.17, 15) is 4.79 Å². The lowest BCUT2D eigenvalue weighted by atomic mass is 10.2. The summed E-state index contributed by atoms with van der Waals surface area (Å²) in [4.78, 5) is 19.2. The van der Waals surface area contributed by atoms with Gasteiger partial charge >= 0.3 is 5.97 Å². The molecule has 0 saturated heterocycles. The molecule has 0 amide bonds. The third-order valence-electron chi connectivity index (χ3n) is 2.52. The van der Waals surface area contributed by atoms with Crippen molar-refractivity contribution in [3.63, 3.8) is 0 Å². The Bertz CT molecular complexity index is 542. The normalized spacial score (nSPS) is 12.3. The summed E-state index contributed by atoms with van der Waals surface area (Å²) in [6, 6.07) is 4.85. The van der Waals surface area contributed by atoms with Crippen LogP contribution >= 0.6 is 0 Å². The first-order valence-electron chi connectivity index (χ1n) is 5.41. The SMILES string of the molecule is CCC(Nc1ccc2nccnc2c1)C(=O)O. The summed E-state index contributed by atoms with van der Waals surface area (Å²) >= 11 is 0. The van der Waals surface area contributed by atoms with Crippen molar-refractivity contribution in [2.24, 2.45) is 0 Å². The Balaban J connectivity index is 2.27. The maximum absolute atomic E-state index is 10.9. The fourth-order valence-electron chi connectivity index (χ4n) is 1.59. The lowest BCUT2D eigenvalue weighted by Crippen LogP contribution is -2.28. The number of nitrogens with zero attached hydrogens (tertiary/aromatic N) is 2. The number of hydrogen-bond acceptors (Lipinski definition) is 4. The van der Waals surface area contributed by atoms with Crippen LogP contribution in [0.3, 0.4) is 0 Å². The molecule has 0 aliphatic rings. The molecule has 1 aromatic carbocycles. The van der Waals surface area contributed by atoms with Crippen molar-refractivity contribution in [3.8, 4) is 0 Å². The first-order valence-corrected chi connectivity index (χ1v) is 5.41. The highest BCUT2D eigenvalue weighted by molar-refractivity contribution is 5.81. The monoisotopic (exact) mass is 231 g/mol. The van der Waals surface area contributed by atoms with Crippen LogP contribution < -0.4 is 5.32 Å². The first-order chi connectivity index (χ1) is 8.20. The van der Waals surface area contributed by atoms with Gasteiger partial charge in [-0.2, -0.15) is 0 Å². The Kier molecular flexibility index (Phi) is 3.18. The number of aliphatic carboxylic acids is 1. The summed E-state index contributed by atoms with van der Waals surface area (Å²) in [5, 5.41) is 11.9. The number of benzene rings is 1.